The van der Waals surface area contributed by atoms with Crippen LogP contribution in [0.25, 0.3) is 0 Å². The number of amides is 1. The van der Waals surface area contributed by atoms with Crippen molar-refractivity contribution in [1.29, 1.82) is 0 Å². The van der Waals surface area contributed by atoms with E-state index >= 15 is 0 Å². The molecule has 3 nitrogen and oxygen atoms in total. The maximum absolute atomic E-state index is 12.0. The first-order valence-electron chi connectivity index (χ1n) is 6.70. The molecule has 0 bridgehead atoms. The molecule has 0 aliphatic heterocycles. The van der Waals surface area contributed by atoms with Gasteiger partial charge in [-0.3, -0.25) is 4.79 Å². The molecule has 2 aromatic rings. The average molecular weight is 269 g/mol. The number of benzene rings is 2. The van der Waals surface area contributed by atoms with Crippen LogP contribution in [0.1, 0.15) is 34.3 Å². The van der Waals surface area contributed by atoms with Crippen LogP contribution in [0.15, 0.2) is 48.5 Å². The third kappa shape index (κ3) is 3.38. The minimum atomic E-state index is -0.245. The third-order valence-corrected chi connectivity index (χ3v) is 3.34. The smallest absolute Gasteiger partial charge is 0.255 e. The number of hydrogen-bond acceptors (Lipinski definition) is 2. The average Bonchev–Trinajstić information content (AvgIpc) is 2.45. The molecule has 0 aromatic heterocycles. The minimum absolute atomic E-state index is 0.0230. The lowest BCUT2D eigenvalue weighted by molar-refractivity contribution is 0.0949. The van der Waals surface area contributed by atoms with Gasteiger partial charge in [-0.05, 0) is 36.1 Å². The number of aryl methyl sites for hydroxylation is 1. The van der Waals surface area contributed by atoms with E-state index in [0.29, 0.717) is 12.1 Å². The van der Waals surface area contributed by atoms with Crippen LogP contribution in [0.4, 0.5) is 0 Å². The molecule has 0 aliphatic carbocycles. The first kappa shape index (κ1) is 14.1. The summed E-state index contributed by atoms with van der Waals surface area (Å²) >= 11 is 0. The number of nitrogens with one attached hydrogen (secondary N) is 1. The molecule has 0 fully saturated rings. The summed E-state index contributed by atoms with van der Waals surface area (Å²) < 4.78 is 0. The first-order valence-corrected chi connectivity index (χ1v) is 6.70. The van der Waals surface area contributed by atoms with E-state index in [1.54, 1.807) is 12.1 Å². The van der Waals surface area contributed by atoms with E-state index in [-0.39, 0.29) is 17.6 Å². The van der Waals surface area contributed by atoms with Crippen LogP contribution in [0, 0.1) is 6.92 Å². The highest BCUT2D eigenvalue weighted by molar-refractivity contribution is 5.96. The maximum Gasteiger partial charge on any atom is 0.255 e. The van der Waals surface area contributed by atoms with E-state index in [0.717, 1.165) is 5.56 Å². The number of carbonyl (C=O) groups is 1. The molecule has 1 unspecified atom stereocenters. The van der Waals surface area contributed by atoms with Crippen LogP contribution in [0.3, 0.4) is 0 Å². The molecule has 0 spiro atoms. The van der Waals surface area contributed by atoms with Crippen LogP contribution in [-0.4, -0.2) is 17.6 Å². The van der Waals surface area contributed by atoms with Crippen LogP contribution in [0.2, 0.25) is 0 Å². The molecule has 2 rings (SSSR count). The standard InChI is InChI=1S/C17H19NO2/c1-12-8-9-15(16(19)10-12)17(20)18-11-13(2)14-6-4-3-5-7-14/h3-10,13,19H,11H2,1-2H3,(H,18,20). The van der Waals surface area contributed by atoms with Crippen molar-refractivity contribution >= 4 is 5.91 Å². The molecule has 0 radical (unpaired) electrons. The Morgan fingerprint density at radius 1 is 1.20 bits per heavy atom. The molecule has 0 heterocycles. The molecule has 0 saturated carbocycles. The van der Waals surface area contributed by atoms with Crippen molar-refractivity contribution in [2.75, 3.05) is 6.54 Å². The molecule has 0 aliphatic rings. The van der Waals surface area contributed by atoms with Gasteiger partial charge in [-0.1, -0.05) is 43.3 Å². The lowest BCUT2D eigenvalue weighted by atomic mass is 10.0. The molecule has 20 heavy (non-hydrogen) atoms. The number of carbonyl (C=O) groups excluding carboxylic acids is 1. The Balaban J connectivity index is 1.99. The Morgan fingerprint density at radius 2 is 1.90 bits per heavy atom. The summed E-state index contributed by atoms with van der Waals surface area (Å²) in [6, 6.07) is 15.1. The zero-order valence-corrected chi connectivity index (χ0v) is 11.8. The second kappa shape index (κ2) is 6.24. The molecule has 1 atom stereocenters. The van der Waals surface area contributed by atoms with Crippen LogP contribution < -0.4 is 5.32 Å². The largest absolute Gasteiger partial charge is 0.507 e. The first-order chi connectivity index (χ1) is 9.58. The van der Waals surface area contributed by atoms with Crippen molar-refractivity contribution in [1.82, 2.24) is 5.32 Å². The van der Waals surface area contributed by atoms with Gasteiger partial charge in [-0.25, -0.2) is 0 Å². The highest BCUT2D eigenvalue weighted by Gasteiger charge is 2.12. The van der Waals surface area contributed by atoms with Crippen molar-refractivity contribution in [2.45, 2.75) is 19.8 Å². The molecule has 104 valence electrons. The minimum Gasteiger partial charge on any atom is -0.507 e. The molecule has 1 amide bonds. The van der Waals surface area contributed by atoms with Crippen molar-refractivity contribution in [3.63, 3.8) is 0 Å². The Hall–Kier alpha value is -2.29. The zero-order valence-electron chi connectivity index (χ0n) is 11.8. The summed E-state index contributed by atoms with van der Waals surface area (Å²) in [5, 5.41) is 12.6. The van der Waals surface area contributed by atoms with Gasteiger partial charge in [0.05, 0.1) is 5.56 Å². The molecule has 2 N–H and O–H groups in total. The van der Waals surface area contributed by atoms with Crippen molar-refractivity contribution in [2.24, 2.45) is 0 Å². The van der Waals surface area contributed by atoms with Crippen LogP contribution in [0.5, 0.6) is 5.75 Å². The van der Waals surface area contributed by atoms with E-state index < -0.39 is 0 Å². The fourth-order valence-electron chi connectivity index (χ4n) is 2.07. The van der Waals surface area contributed by atoms with Gasteiger partial charge in [0.2, 0.25) is 0 Å². The predicted molar refractivity (Wildman–Crippen MR) is 80.0 cm³/mol. The normalized spacial score (nSPS) is 11.9. The second-order valence-electron chi connectivity index (χ2n) is 5.04. The van der Waals surface area contributed by atoms with E-state index in [1.165, 1.54) is 5.56 Å². The molecular formula is C17H19NO2. The lowest BCUT2D eigenvalue weighted by Crippen LogP contribution is -2.27. The lowest BCUT2D eigenvalue weighted by Gasteiger charge is -2.13. The van der Waals surface area contributed by atoms with Crippen molar-refractivity contribution in [3.05, 3.63) is 65.2 Å². The summed E-state index contributed by atoms with van der Waals surface area (Å²) in [6.07, 6.45) is 0. The number of aromatic hydroxyl groups is 1. The van der Waals surface area contributed by atoms with Gasteiger partial charge < -0.3 is 10.4 Å². The Labute approximate surface area is 119 Å². The second-order valence-corrected chi connectivity index (χ2v) is 5.04. The third-order valence-electron chi connectivity index (χ3n) is 3.34. The monoisotopic (exact) mass is 269 g/mol. The Kier molecular flexibility index (Phi) is 4.41. The molecule has 2 aromatic carbocycles. The zero-order chi connectivity index (χ0) is 14.5. The van der Waals surface area contributed by atoms with Crippen molar-refractivity contribution < 1.29 is 9.90 Å². The summed E-state index contributed by atoms with van der Waals surface area (Å²) in [5.41, 5.74) is 2.42. The topological polar surface area (TPSA) is 49.3 Å². The van der Waals surface area contributed by atoms with E-state index in [2.05, 4.69) is 12.2 Å². The van der Waals surface area contributed by atoms with Gasteiger partial charge in [-0.15, -0.1) is 0 Å². The summed E-state index contributed by atoms with van der Waals surface area (Å²) in [6.45, 7) is 4.47. The van der Waals surface area contributed by atoms with Gasteiger partial charge in [0.25, 0.3) is 5.91 Å². The van der Waals surface area contributed by atoms with Gasteiger partial charge >= 0.3 is 0 Å². The fraction of sp³-hybridized carbons (Fsp3) is 0.235. The van der Waals surface area contributed by atoms with Crippen LogP contribution >= 0.6 is 0 Å². The number of phenols is 1. The van der Waals surface area contributed by atoms with Gasteiger partial charge in [-0.2, -0.15) is 0 Å². The number of hydrogen-bond donors (Lipinski definition) is 2. The summed E-state index contributed by atoms with van der Waals surface area (Å²) in [4.78, 5) is 12.0. The van der Waals surface area contributed by atoms with Gasteiger partial charge in [0.15, 0.2) is 0 Å². The van der Waals surface area contributed by atoms with Gasteiger partial charge in [0.1, 0.15) is 5.75 Å². The Bertz CT molecular complexity index is 593. The number of phenolic OH excluding ortho intramolecular Hbond substituents is 1. The predicted octanol–water partition coefficient (Wildman–Crippen LogP) is 3.23. The SMILES string of the molecule is Cc1ccc(C(=O)NCC(C)c2ccccc2)c(O)c1. The summed E-state index contributed by atoms with van der Waals surface area (Å²) in [5.74, 6) is 0.00730. The Morgan fingerprint density at radius 3 is 2.55 bits per heavy atom. The quantitative estimate of drug-likeness (QED) is 0.895. The fourth-order valence-corrected chi connectivity index (χ4v) is 2.07. The number of rotatable bonds is 4. The highest BCUT2D eigenvalue weighted by Crippen LogP contribution is 2.19. The van der Waals surface area contributed by atoms with E-state index in [1.807, 2.05) is 43.3 Å². The van der Waals surface area contributed by atoms with E-state index in [4.69, 9.17) is 0 Å². The van der Waals surface area contributed by atoms with Crippen LogP contribution in [-0.2, 0) is 0 Å². The molecule has 3 heteroatoms. The highest BCUT2D eigenvalue weighted by atomic mass is 16.3. The van der Waals surface area contributed by atoms with Crippen molar-refractivity contribution in [3.8, 4) is 5.75 Å². The maximum atomic E-state index is 12.0. The molecule has 0 saturated heterocycles. The summed E-state index contributed by atoms with van der Waals surface area (Å²) in [7, 11) is 0. The van der Waals surface area contributed by atoms with E-state index in [9.17, 15) is 9.90 Å². The van der Waals surface area contributed by atoms with Gasteiger partial charge in [0, 0.05) is 6.54 Å². The molecular weight excluding hydrogens is 250 g/mol.